The summed E-state index contributed by atoms with van der Waals surface area (Å²) < 4.78 is 5.71. The van der Waals surface area contributed by atoms with E-state index in [0.29, 0.717) is 18.0 Å². The molecule has 2 aliphatic rings. The summed E-state index contributed by atoms with van der Waals surface area (Å²) in [6.45, 7) is 4.02. The molecule has 1 atom stereocenters. The molecule has 4 rings (SSSR count). The quantitative estimate of drug-likeness (QED) is 0.907. The molecule has 1 saturated heterocycles. The summed E-state index contributed by atoms with van der Waals surface area (Å²) >= 11 is 0. The van der Waals surface area contributed by atoms with E-state index in [4.69, 9.17) is 4.42 Å². The van der Waals surface area contributed by atoms with Crippen molar-refractivity contribution in [1.82, 2.24) is 20.2 Å². The SMILES string of the molecule is CCc1cc(N2CCCC(Nc3nnc(C4CC4)o3)C2)ncn1. The molecule has 2 fully saturated rings. The van der Waals surface area contributed by atoms with Crippen LogP contribution in [0.1, 0.15) is 50.1 Å². The summed E-state index contributed by atoms with van der Waals surface area (Å²) in [7, 11) is 0. The van der Waals surface area contributed by atoms with Crippen LogP contribution >= 0.6 is 0 Å². The lowest BCUT2D eigenvalue weighted by atomic mass is 10.1. The fourth-order valence-corrected chi connectivity index (χ4v) is 3.02. The van der Waals surface area contributed by atoms with Crippen molar-refractivity contribution in [3.05, 3.63) is 24.0 Å². The average Bonchev–Trinajstić information content (AvgIpc) is 3.35. The highest BCUT2D eigenvalue weighted by molar-refractivity contribution is 5.40. The number of aromatic nitrogens is 4. The van der Waals surface area contributed by atoms with Crippen LogP contribution in [0.3, 0.4) is 0 Å². The summed E-state index contributed by atoms with van der Waals surface area (Å²) in [5, 5.41) is 11.6. The zero-order valence-corrected chi connectivity index (χ0v) is 13.4. The lowest BCUT2D eigenvalue weighted by molar-refractivity contribution is 0.477. The van der Waals surface area contributed by atoms with Gasteiger partial charge in [-0.15, -0.1) is 5.10 Å². The first-order valence-electron chi connectivity index (χ1n) is 8.47. The number of anilines is 2. The van der Waals surface area contributed by atoms with Gasteiger partial charge in [-0.1, -0.05) is 12.0 Å². The Labute approximate surface area is 135 Å². The number of aryl methyl sites for hydroxylation is 1. The topological polar surface area (TPSA) is 80.0 Å². The van der Waals surface area contributed by atoms with Crippen LogP contribution in [0.5, 0.6) is 0 Å². The lowest BCUT2D eigenvalue weighted by Crippen LogP contribution is -2.42. The molecule has 7 nitrogen and oxygen atoms in total. The Morgan fingerprint density at radius 2 is 2.17 bits per heavy atom. The van der Waals surface area contributed by atoms with Gasteiger partial charge in [0, 0.05) is 36.8 Å². The summed E-state index contributed by atoms with van der Waals surface area (Å²) in [5.74, 6) is 2.28. The molecule has 0 spiro atoms. The van der Waals surface area contributed by atoms with Crippen LogP contribution in [0.15, 0.2) is 16.8 Å². The van der Waals surface area contributed by atoms with Crippen molar-refractivity contribution in [2.75, 3.05) is 23.3 Å². The minimum atomic E-state index is 0.302. The number of hydrogen-bond acceptors (Lipinski definition) is 7. The third-order valence-corrected chi connectivity index (χ3v) is 4.51. The van der Waals surface area contributed by atoms with Crippen molar-refractivity contribution in [3.8, 4) is 0 Å². The van der Waals surface area contributed by atoms with Gasteiger partial charge in [-0.05, 0) is 32.1 Å². The van der Waals surface area contributed by atoms with Gasteiger partial charge in [0.1, 0.15) is 12.1 Å². The van der Waals surface area contributed by atoms with Crippen molar-refractivity contribution in [1.29, 1.82) is 0 Å². The van der Waals surface area contributed by atoms with Crippen molar-refractivity contribution in [2.45, 2.75) is 51.0 Å². The third kappa shape index (κ3) is 3.28. The Bertz CT molecular complexity index is 668. The largest absolute Gasteiger partial charge is 0.408 e. The van der Waals surface area contributed by atoms with E-state index in [0.717, 1.165) is 49.8 Å². The second kappa shape index (κ2) is 6.14. The standard InChI is InChI=1S/C16H22N6O/c1-2-12-8-14(18-10-17-12)22-7-3-4-13(9-22)19-16-21-20-15(23-16)11-5-6-11/h8,10-11,13H,2-7,9H2,1H3,(H,19,21). The van der Waals surface area contributed by atoms with Crippen molar-refractivity contribution >= 4 is 11.8 Å². The highest BCUT2D eigenvalue weighted by Crippen LogP contribution is 2.39. The summed E-state index contributed by atoms with van der Waals surface area (Å²) in [6.07, 6.45) is 7.15. The molecule has 2 aromatic heterocycles. The first-order valence-corrected chi connectivity index (χ1v) is 8.47. The van der Waals surface area contributed by atoms with Crippen molar-refractivity contribution in [3.63, 3.8) is 0 Å². The van der Waals surface area contributed by atoms with Gasteiger partial charge < -0.3 is 14.6 Å². The van der Waals surface area contributed by atoms with E-state index in [1.54, 1.807) is 6.33 Å². The molecule has 1 aliphatic carbocycles. The number of rotatable bonds is 5. The van der Waals surface area contributed by atoms with Crippen LogP contribution in [0.25, 0.3) is 0 Å². The first kappa shape index (κ1) is 14.4. The number of hydrogen-bond donors (Lipinski definition) is 1. The number of nitrogens with zero attached hydrogens (tertiary/aromatic N) is 5. The molecule has 0 amide bonds. The van der Waals surface area contributed by atoms with Gasteiger partial charge in [0.05, 0.1) is 0 Å². The molecule has 1 aliphatic heterocycles. The van der Waals surface area contributed by atoms with Gasteiger partial charge in [-0.3, -0.25) is 0 Å². The van der Waals surface area contributed by atoms with Gasteiger partial charge >= 0.3 is 6.01 Å². The predicted octanol–water partition coefficient (Wildman–Crippen LogP) is 2.38. The van der Waals surface area contributed by atoms with E-state index in [9.17, 15) is 0 Å². The van der Waals surface area contributed by atoms with Crippen LogP contribution in [0, 0.1) is 0 Å². The third-order valence-electron chi connectivity index (χ3n) is 4.51. The molecule has 1 saturated carbocycles. The Hall–Kier alpha value is -2.18. The normalized spacial score (nSPS) is 21.4. The van der Waals surface area contributed by atoms with E-state index < -0.39 is 0 Å². The highest BCUT2D eigenvalue weighted by Gasteiger charge is 2.30. The van der Waals surface area contributed by atoms with Crippen LogP contribution < -0.4 is 10.2 Å². The second-order valence-corrected chi connectivity index (χ2v) is 6.37. The van der Waals surface area contributed by atoms with Crippen LogP contribution in [0.4, 0.5) is 11.8 Å². The maximum atomic E-state index is 5.71. The minimum Gasteiger partial charge on any atom is -0.408 e. The van der Waals surface area contributed by atoms with Gasteiger partial charge in [-0.2, -0.15) is 0 Å². The molecule has 1 unspecified atom stereocenters. The van der Waals surface area contributed by atoms with Crippen molar-refractivity contribution < 1.29 is 4.42 Å². The minimum absolute atomic E-state index is 0.302. The van der Waals surface area contributed by atoms with Crippen LogP contribution in [-0.2, 0) is 6.42 Å². The number of nitrogens with one attached hydrogen (secondary N) is 1. The maximum Gasteiger partial charge on any atom is 0.315 e. The van der Waals surface area contributed by atoms with Crippen LogP contribution in [0.2, 0.25) is 0 Å². The molecule has 122 valence electrons. The zero-order valence-electron chi connectivity index (χ0n) is 13.4. The fourth-order valence-electron chi connectivity index (χ4n) is 3.02. The zero-order chi connectivity index (χ0) is 15.6. The van der Waals surface area contributed by atoms with Gasteiger partial charge in [0.15, 0.2) is 0 Å². The van der Waals surface area contributed by atoms with E-state index in [1.165, 1.54) is 12.8 Å². The lowest BCUT2D eigenvalue weighted by Gasteiger charge is -2.33. The van der Waals surface area contributed by atoms with E-state index in [2.05, 4.69) is 43.4 Å². The molecule has 0 radical (unpaired) electrons. The Kier molecular flexibility index (Phi) is 3.85. The van der Waals surface area contributed by atoms with E-state index >= 15 is 0 Å². The van der Waals surface area contributed by atoms with Gasteiger partial charge in [-0.25, -0.2) is 9.97 Å². The van der Waals surface area contributed by atoms with Gasteiger partial charge in [0.25, 0.3) is 0 Å². The highest BCUT2D eigenvalue weighted by atomic mass is 16.4. The maximum absolute atomic E-state index is 5.71. The molecule has 7 heteroatoms. The Morgan fingerprint density at radius 1 is 1.26 bits per heavy atom. The van der Waals surface area contributed by atoms with Gasteiger partial charge in [0.2, 0.25) is 5.89 Å². The second-order valence-electron chi connectivity index (χ2n) is 6.37. The molecular weight excluding hydrogens is 292 g/mol. The fraction of sp³-hybridized carbons (Fsp3) is 0.625. The smallest absolute Gasteiger partial charge is 0.315 e. The Morgan fingerprint density at radius 3 is 3.00 bits per heavy atom. The van der Waals surface area contributed by atoms with E-state index in [-0.39, 0.29) is 0 Å². The predicted molar refractivity (Wildman–Crippen MR) is 86.5 cm³/mol. The molecule has 3 heterocycles. The molecule has 1 N–H and O–H groups in total. The molecular formula is C16H22N6O. The average molecular weight is 314 g/mol. The van der Waals surface area contributed by atoms with E-state index in [1.807, 2.05) is 0 Å². The number of piperidine rings is 1. The summed E-state index contributed by atoms with van der Waals surface area (Å²) in [6, 6.07) is 2.94. The molecule has 23 heavy (non-hydrogen) atoms. The van der Waals surface area contributed by atoms with Crippen molar-refractivity contribution in [2.24, 2.45) is 0 Å². The summed E-state index contributed by atoms with van der Waals surface area (Å²) in [4.78, 5) is 11.0. The monoisotopic (exact) mass is 314 g/mol. The summed E-state index contributed by atoms with van der Waals surface area (Å²) in [5.41, 5.74) is 1.08. The molecule has 2 aromatic rings. The van der Waals surface area contributed by atoms with Crippen LogP contribution in [-0.4, -0.2) is 39.3 Å². The molecule has 0 bridgehead atoms. The molecule has 0 aromatic carbocycles. The first-order chi connectivity index (χ1) is 11.3. The Balaban J connectivity index is 1.41.